The Balaban J connectivity index is 1.74. The standard InChI is InChI=1S/C27H37N3O2/c1-4-6-7-10-21-11-13-22(14-12-21)26(31)29-23-15-16-25(30-17-8-9-18-30)24(19-23)27(32)28-20(3)5-2/h11-16,19-20H,4-10,17-18H2,1-3H3,(H,28,32)(H,29,31). The number of benzene rings is 2. The van der Waals surface area contributed by atoms with Crippen LogP contribution in [0.15, 0.2) is 42.5 Å². The van der Waals surface area contributed by atoms with Crippen molar-refractivity contribution in [3.63, 3.8) is 0 Å². The average molecular weight is 436 g/mol. The quantitative estimate of drug-likeness (QED) is 0.464. The van der Waals surface area contributed by atoms with Crippen LogP contribution in [0.4, 0.5) is 11.4 Å². The fourth-order valence-corrected chi connectivity index (χ4v) is 4.04. The fraction of sp³-hybridized carbons (Fsp3) is 0.481. The summed E-state index contributed by atoms with van der Waals surface area (Å²) >= 11 is 0. The molecule has 1 aliphatic rings. The Morgan fingerprint density at radius 1 is 0.969 bits per heavy atom. The SMILES string of the molecule is CCCCCc1ccc(C(=O)Nc2ccc(N3CCCC3)c(C(=O)NC(C)CC)c2)cc1. The molecule has 2 aromatic rings. The van der Waals surface area contributed by atoms with Crippen molar-refractivity contribution >= 4 is 23.2 Å². The Morgan fingerprint density at radius 3 is 2.34 bits per heavy atom. The van der Waals surface area contributed by atoms with E-state index in [4.69, 9.17) is 0 Å². The molecule has 2 aromatic carbocycles. The molecule has 1 fully saturated rings. The zero-order chi connectivity index (χ0) is 22.9. The van der Waals surface area contributed by atoms with E-state index in [0.717, 1.165) is 44.5 Å². The number of nitrogens with one attached hydrogen (secondary N) is 2. The van der Waals surface area contributed by atoms with Gasteiger partial charge in [0.1, 0.15) is 0 Å². The van der Waals surface area contributed by atoms with Gasteiger partial charge in [0, 0.05) is 36.1 Å². The van der Waals surface area contributed by atoms with Crippen molar-refractivity contribution in [3.8, 4) is 0 Å². The van der Waals surface area contributed by atoms with E-state index in [9.17, 15) is 9.59 Å². The molecule has 2 N–H and O–H groups in total. The molecule has 172 valence electrons. The van der Waals surface area contributed by atoms with Crippen molar-refractivity contribution in [2.45, 2.75) is 71.8 Å². The molecular weight excluding hydrogens is 398 g/mol. The number of aryl methyl sites for hydroxylation is 1. The maximum absolute atomic E-state index is 13.0. The lowest BCUT2D eigenvalue weighted by Crippen LogP contribution is -2.33. The molecule has 1 saturated heterocycles. The first kappa shape index (κ1) is 23.8. The third kappa shape index (κ3) is 6.35. The van der Waals surface area contributed by atoms with E-state index in [2.05, 4.69) is 29.4 Å². The first-order valence-corrected chi connectivity index (χ1v) is 12.1. The van der Waals surface area contributed by atoms with E-state index in [0.29, 0.717) is 16.8 Å². The molecule has 1 unspecified atom stereocenters. The second-order valence-corrected chi connectivity index (χ2v) is 8.82. The van der Waals surface area contributed by atoms with Gasteiger partial charge in [-0.1, -0.05) is 38.8 Å². The zero-order valence-corrected chi connectivity index (χ0v) is 19.7. The number of amides is 2. The molecule has 0 radical (unpaired) electrons. The van der Waals surface area contributed by atoms with Crippen LogP contribution in [-0.2, 0) is 6.42 Å². The van der Waals surface area contributed by atoms with Gasteiger partial charge >= 0.3 is 0 Å². The van der Waals surface area contributed by atoms with Crippen molar-refractivity contribution in [1.29, 1.82) is 0 Å². The van der Waals surface area contributed by atoms with Crippen molar-refractivity contribution < 1.29 is 9.59 Å². The number of hydrogen-bond acceptors (Lipinski definition) is 3. The van der Waals surface area contributed by atoms with Gasteiger partial charge in [-0.2, -0.15) is 0 Å². The van der Waals surface area contributed by atoms with Crippen LogP contribution in [0.2, 0.25) is 0 Å². The molecule has 3 rings (SSSR count). The predicted molar refractivity (Wildman–Crippen MR) is 133 cm³/mol. The minimum Gasteiger partial charge on any atom is -0.371 e. The molecule has 0 saturated carbocycles. The maximum Gasteiger partial charge on any atom is 0.255 e. The highest BCUT2D eigenvalue weighted by Gasteiger charge is 2.21. The minimum absolute atomic E-state index is 0.0891. The molecule has 5 nitrogen and oxygen atoms in total. The van der Waals surface area contributed by atoms with Gasteiger partial charge in [-0.25, -0.2) is 0 Å². The Hall–Kier alpha value is -2.82. The molecular formula is C27H37N3O2. The molecule has 1 aliphatic heterocycles. The van der Waals surface area contributed by atoms with Crippen molar-refractivity contribution in [1.82, 2.24) is 5.32 Å². The monoisotopic (exact) mass is 435 g/mol. The van der Waals surface area contributed by atoms with Gasteiger partial charge in [0.05, 0.1) is 5.56 Å². The van der Waals surface area contributed by atoms with E-state index in [1.807, 2.05) is 49.4 Å². The first-order chi connectivity index (χ1) is 15.5. The van der Waals surface area contributed by atoms with Gasteiger partial charge in [-0.3, -0.25) is 9.59 Å². The highest BCUT2D eigenvalue weighted by atomic mass is 16.2. The van der Waals surface area contributed by atoms with Crippen LogP contribution in [0, 0.1) is 0 Å². The smallest absolute Gasteiger partial charge is 0.255 e. The van der Waals surface area contributed by atoms with Gasteiger partial charge in [0.15, 0.2) is 0 Å². The van der Waals surface area contributed by atoms with Crippen LogP contribution in [0.3, 0.4) is 0 Å². The van der Waals surface area contributed by atoms with Crippen molar-refractivity contribution in [2.75, 3.05) is 23.3 Å². The van der Waals surface area contributed by atoms with Crippen LogP contribution in [0.25, 0.3) is 0 Å². The Morgan fingerprint density at radius 2 is 1.69 bits per heavy atom. The number of unbranched alkanes of at least 4 members (excludes halogenated alkanes) is 2. The number of anilines is 2. The molecule has 5 heteroatoms. The number of nitrogens with zero attached hydrogens (tertiary/aromatic N) is 1. The molecule has 1 atom stereocenters. The van der Waals surface area contributed by atoms with Gasteiger partial charge < -0.3 is 15.5 Å². The Labute approximate surface area is 192 Å². The van der Waals surface area contributed by atoms with E-state index in [1.165, 1.54) is 24.8 Å². The molecule has 0 aromatic heterocycles. The number of rotatable bonds is 10. The summed E-state index contributed by atoms with van der Waals surface area (Å²) in [6.45, 7) is 8.17. The van der Waals surface area contributed by atoms with E-state index < -0.39 is 0 Å². The first-order valence-electron chi connectivity index (χ1n) is 12.1. The van der Waals surface area contributed by atoms with E-state index >= 15 is 0 Å². The third-order valence-electron chi connectivity index (χ3n) is 6.22. The molecule has 2 amide bonds. The number of carbonyl (C=O) groups is 2. The Bertz CT molecular complexity index is 902. The summed E-state index contributed by atoms with van der Waals surface area (Å²) in [7, 11) is 0. The topological polar surface area (TPSA) is 61.4 Å². The summed E-state index contributed by atoms with van der Waals surface area (Å²) in [4.78, 5) is 28.1. The lowest BCUT2D eigenvalue weighted by Gasteiger charge is -2.23. The van der Waals surface area contributed by atoms with Gasteiger partial charge in [0.2, 0.25) is 0 Å². The van der Waals surface area contributed by atoms with Crippen LogP contribution < -0.4 is 15.5 Å². The second kappa shape index (κ2) is 11.7. The van der Waals surface area contributed by atoms with Gasteiger partial charge in [0.25, 0.3) is 11.8 Å². The molecule has 0 spiro atoms. The van der Waals surface area contributed by atoms with Gasteiger partial charge in [-0.15, -0.1) is 0 Å². The maximum atomic E-state index is 13.0. The van der Waals surface area contributed by atoms with Crippen LogP contribution in [0.5, 0.6) is 0 Å². The van der Waals surface area contributed by atoms with Crippen LogP contribution in [0.1, 0.15) is 85.6 Å². The van der Waals surface area contributed by atoms with Gasteiger partial charge in [-0.05, 0) is 74.9 Å². The normalized spacial score (nSPS) is 14.3. The van der Waals surface area contributed by atoms with E-state index in [-0.39, 0.29) is 17.9 Å². The van der Waals surface area contributed by atoms with Crippen molar-refractivity contribution in [2.24, 2.45) is 0 Å². The lowest BCUT2D eigenvalue weighted by molar-refractivity contribution is 0.0938. The molecule has 0 aliphatic carbocycles. The van der Waals surface area contributed by atoms with Crippen LogP contribution >= 0.6 is 0 Å². The second-order valence-electron chi connectivity index (χ2n) is 8.82. The summed E-state index contributed by atoms with van der Waals surface area (Å²) in [5, 5.41) is 6.04. The van der Waals surface area contributed by atoms with Crippen molar-refractivity contribution in [3.05, 3.63) is 59.2 Å². The number of hydrogen-bond donors (Lipinski definition) is 2. The molecule has 32 heavy (non-hydrogen) atoms. The van der Waals surface area contributed by atoms with Crippen LogP contribution in [-0.4, -0.2) is 30.9 Å². The summed E-state index contributed by atoms with van der Waals surface area (Å²) < 4.78 is 0. The summed E-state index contributed by atoms with van der Waals surface area (Å²) in [6.07, 6.45) is 7.79. The third-order valence-corrected chi connectivity index (χ3v) is 6.22. The highest BCUT2D eigenvalue weighted by Crippen LogP contribution is 2.28. The fourth-order valence-electron chi connectivity index (χ4n) is 4.04. The molecule has 1 heterocycles. The summed E-state index contributed by atoms with van der Waals surface area (Å²) in [6, 6.07) is 13.6. The highest BCUT2D eigenvalue weighted by molar-refractivity contribution is 6.06. The molecule has 0 bridgehead atoms. The number of carbonyl (C=O) groups excluding carboxylic acids is 2. The minimum atomic E-state index is -0.160. The lowest BCUT2D eigenvalue weighted by atomic mass is 10.0. The van der Waals surface area contributed by atoms with E-state index in [1.54, 1.807) is 0 Å². The predicted octanol–water partition coefficient (Wildman–Crippen LogP) is 5.80. The summed E-state index contributed by atoms with van der Waals surface area (Å²) in [5.74, 6) is -0.249. The summed E-state index contributed by atoms with van der Waals surface area (Å²) in [5.41, 5.74) is 4.08. The Kier molecular flexibility index (Phi) is 8.72. The largest absolute Gasteiger partial charge is 0.371 e. The average Bonchev–Trinajstić information content (AvgIpc) is 3.34. The zero-order valence-electron chi connectivity index (χ0n) is 19.7.